The Morgan fingerprint density at radius 2 is 1.91 bits per heavy atom. The van der Waals surface area contributed by atoms with Gasteiger partial charge >= 0.3 is 0 Å². The fraction of sp³-hybridized carbons (Fsp3) is 0.0588. The van der Waals surface area contributed by atoms with Gasteiger partial charge in [0.15, 0.2) is 0 Å². The number of hydrogen-bond acceptors (Lipinski definition) is 2. The second kappa shape index (κ2) is 5.85. The molecule has 22 heavy (non-hydrogen) atoms. The quantitative estimate of drug-likeness (QED) is 0.686. The first-order chi connectivity index (χ1) is 10.5. The summed E-state index contributed by atoms with van der Waals surface area (Å²) in [4.78, 5) is 17.0. The molecular formula is C17H12BrFN2O. The Bertz CT molecular complexity index is 930. The van der Waals surface area contributed by atoms with Crippen LogP contribution in [0.15, 0.2) is 51.7 Å². The van der Waals surface area contributed by atoms with Crippen molar-refractivity contribution < 1.29 is 4.39 Å². The van der Waals surface area contributed by atoms with Crippen LogP contribution in [-0.2, 0) is 0 Å². The lowest BCUT2D eigenvalue weighted by Crippen LogP contribution is -2.19. The van der Waals surface area contributed by atoms with Gasteiger partial charge in [0.2, 0.25) is 0 Å². The van der Waals surface area contributed by atoms with Gasteiger partial charge in [-0.15, -0.1) is 0 Å². The maximum Gasteiger partial charge on any atom is 0.265 e. The van der Waals surface area contributed by atoms with E-state index in [1.807, 2.05) is 12.1 Å². The summed E-state index contributed by atoms with van der Waals surface area (Å²) in [5.41, 5.74) is 1.33. The average molecular weight is 359 g/mol. The van der Waals surface area contributed by atoms with Crippen LogP contribution in [0.5, 0.6) is 0 Å². The Morgan fingerprint density at radius 3 is 2.64 bits per heavy atom. The summed E-state index contributed by atoms with van der Waals surface area (Å²) in [5.74, 6) is 0.306. The van der Waals surface area contributed by atoms with E-state index in [0.29, 0.717) is 16.7 Å². The maximum atomic E-state index is 12.9. The van der Waals surface area contributed by atoms with Crippen LogP contribution in [0.2, 0.25) is 0 Å². The Morgan fingerprint density at radius 1 is 1.18 bits per heavy atom. The zero-order chi connectivity index (χ0) is 15.7. The summed E-state index contributed by atoms with van der Waals surface area (Å²) in [5, 5.41) is 0.545. The predicted octanol–water partition coefficient (Wildman–Crippen LogP) is 4.23. The van der Waals surface area contributed by atoms with Gasteiger partial charge in [0.05, 0.1) is 10.9 Å². The molecule has 3 aromatic rings. The van der Waals surface area contributed by atoms with Crippen LogP contribution >= 0.6 is 15.9 Å². The fourth-order valence-corrected chi connectivity index (χ4v) is 2.55. The van der Waals surface area contributed by atoms with Gasteiger partial charge in [0, 0.05) is 10.7 Å². The van der Waals surface area contributed by atoms with Crippen LogP contribution in [0.3, 0.4) is 0 Å². The number of fused-ring (bicyclic) bond motifs is 1. The Balaban J connectivity index is 2.10. The molecule has 0 amide bonds. The van der Waals surface area contributed by atoms with E-state index < -0.39 is 0 Å². The first-order valence-electron chi connectivity index (χ1n) is 6.67. The van der Waals surface area contributed by atoms with Crippen LogP contribution in [0.1, 0.15) is 11.4 Å². The highest BCUT2D eigenvalue weighted by Gasteiger charge is 2.06. The van der Waals surface area contributed by atoms with Crippen molar-refractivity contribution in [3.8, 4) is 0 Å². The van der Waals surface area contributed by atoms with Crippen molar-refractivity contribution in [1.29, 1.82) is 0 Å². The molecule has 0 fully saturated rings. The lowest BCUT2D eigenvalue weighted by atomic mass is 10.2. The summed E-state index contributed by atoms with van der Waals surface area (Å²) in [7, 11) is 0. The summed E-state index contributed by atoms with van der Waals surface area (Å²) in [6.45, 7) is 1.78. The van der Waals surface area contributed by atoms with Crippen molar-refractivity contribution in [1.82, 2.24) is 9.55 Å². The van der Waals surface area contributed by atoms with Gasteiger partial charge < -0.3 is 0 Å². The van der Waals surface area contributed by atoms with E-state index in [-0.39, 0.29) is 11.4 Å². The lowest BCUT2D eigenvalue weighted by Gasteiger charge is -2.06. The topological polar surface area (TPSA) is 34.9 Å². The summed E-state index contributed by atoms with van der Waals surface area (Å²) < 4.78 is 15.2. The van der Waals surface area contributed by atoms with Crippen LogP contribution in [0.25, 0.3) is 23.2 Å². The van der Waals surface area contributed by atoms with Gasteiger partial charge in [-0.25, -0.2) is 9.37 Å². The Labute approximate surface area is 134 Å². The van der Waals surface area contributed by atoms with Crippen molar-refractivity contribution in [2.75, 3.05) is 0 Å². The first-order valence-corrected chi connectivity index (χ1v) is 7.46. The lowest BCUT2D eigenvalue weighted by molar-refractivity contribution is 0.628. The second-order valence-corrected chi connectivity index (χ2v) is 5.78. The third-order valence-electron chi connectivity index (χ3n) is 3.32. The molecule has 0 spiro atoms. The number of aryl methyl sites for hydroxylation is 1. The molecule has 0 saturated heterocycles. The van der Waals surface area contributed by atoms with Gasteiger partial charge in [-0.05, 0) is 48.9 Å². The highest BCUT2D eigenvalue weighted by Crippen LogP contribution is 2.16. The van der Waals surface area contributed by atoms with Gasteiger partial charge in [-0.3, -0.25) is 9.36 Å². The molecule has 5 heteroatoms. The number of aromatic nitrogens is 2. The molecule has 0 aliphatic carbocycles. The Hall–Kier alpha value is -2.27. The normalized spacial score (nSPS) is 11.4. The summed E-state index contributed by atoms with van der Waals surface area (Å²) >= 11 is 3.36. The first kappa shape index (κ1) is 14.7. The van der Waals surface area contributed by atoms with Crippen molar-refractivity contribution in [3.05, 3.63) is 74.5 Å². The third kappa shape index (κ3) is 2.85. The highest BCUT2D eigenvalue weighted by atomic mass is 79.9. The largest absolute Gasteiger partial charge is 0.271 e. The van der Waals surface area contributed by atoms with E-state index in [0.717, 1.165) is 10.0 Å². The summed E-state index contributed by atoms with van der Waals surface area (Å²) in [6, 6.07) is 11.5. The average Bonchev–Trinajstić information content (AvgIpc) is 2.50. The van der Waals surface area contributed by atoms with Crippen molar-refractivity contribution in [3.63, 3.8) is 0 Å². The molecule has 3 nitrogen and oxygen atoms in total. The maximum absolute atomic E-state index is 12.9. The zero-order valence-electron chi connectivity index (χ0n) is 11.8. The van der Waals surface area contributed by atoms with Crippen LogP contribution in [0.4, 0.5) is 4.39 Å². The van der Waals surface area contributed by atoms with Gasteiger partial charge in [0.25, 0.3) is 5.56 Å². The molecule has 0 aliphatic heterocycles. The minimum Gasteiger partial charge on any atom is -0.271 e. The standard InChI is InChI=1S/C17H12BrFN2O/c1-11-20-16-7-4-13(18)10-15(16)17(22)21(11)9-8-12-2-5-14(19)6-3-12/h2-10H,1H3/b9-8+. The molecule has 1 aromatic heterocycles. The van der Waals surface area contributed by atoms with E-state index >= 15 is 0 Å². The smallest absolute Gasteiger partial charge is 0.265 e. The molecule has 0 aliphatic rings. The molecule has 0 saturated carbocycles. The predicted molar refractivity (Wildman–Crippen MR) is 90.1 cm³/mol. The molecule has 0 unspecified atom stereocenters. The second-order valence-electron chi connectivity index (χ2n) is 4.86. The van der Waals surface area contributed by atoms with E-state index in [1.165, 1.54) is 16.7 Å². The molecule has 1 heterocycles. The SMILES string of the molecule is Cc1nc2ccc(Br)cc2c(=O)n1/C=C/c1ccc(F)cc1. The van der Waals surface area contributed by atoms with Gasteiger partial charge in [-0.2, -0.15) is 0 Å². The van der Waals surface area contributed by atoms with E-state index in [2.05, 4.69) is 20.9 Å². The molecule has 0 N–H and O–H groups in total. The molecule has 110 valence electrons. The number of nitrogens with zero attached hydrogens (tertiary/aromatic N) is 2. The number of halogens is 2. The molecule has 2 aromatic carbocycles. The van der Waals surface area contributed by atoms with E-state index in [9.17, 15) is 9.18 Å². The zero-order valence-corrected chi connectivity index (χ0v) is 13.3. The fourth-order valence-electron chi connectivity index (χ4n) is 2.19. The third-order valence-corrected chi connectivity index (χ3v) is 3.82. The van der Waals surface area contributed by atoms with Gasteiger partial charge in [0.1, 0.15) is 11.6 Å². The molecule has 3 rings (SSSR count). The van der Waals surface area contributed by atoms with Crippen molar-refractivity contribution in [2.45, 2.75) is 6.92 Å². The molecule has 0 bridgehead atoms. The highest BCUT2D eigenvalue weighted by molar-refractivity contribution is 9.10. The molecule has 0 atom stereocenters. The van der Waals surface area contributed by atoms with Crippen LogP contribution in [0, 0.1) is 12.7 Å². The minimum atomic E-state index is -0.289. The molecule has 0 radical (unpaired) electrons. The minimum absolute atomic E-state index is 0.137. The Kier molecular flexibility index (Phi) is 3.90. The van der Waals surface area contributed by atoms with Crippen molar-refractivity contribution in [2.24, 2.45) is 0 Å². The van der Waals surface area contributed by atoms with Crippen molar-refractivity contribution >= 4 is 39.1 Å². The van der Waals surface area contributed by atoms with Crippen LogP contribution in [-0.4, -0.2) is 9.55 Å². The number of benzene rings is 2. The molecular weight excluding hydrogens is 347 g/mol. The van der Waals surface area contributed by atoms with Gasteiger partial charge in [-0.1, -0.05) is 28.1 Å². The number of hydrogen-bond donors (Lipinski definition) is 0. The van der Waals surface area contributed by atoms with Crippen LogP contribution < -0.4 is 5.56 Å². The summed E-state index contributed by atoms with van der Waals surface area (Å²) in [6.07, 6.45) is 3.40. The number of rotatable bonds is 2. The van der Waals surface area contributed by atoms with E-state index in [1.54, 1.807) is 37.4 Å². The van der Waals surface area contributed by atoms with E-state index in [4.69, 9.17) is 0 Å². The monoisotopic (exact) mass is 358 g/mol.